The summed E-state index contributed by atoms with van der Waals surface area (Å²) in [6.07, 6.45) is 0. The zero-order valence-electron chi connectivity index (χ0n) is 16.9. The van der Waals surface area contributed by atoms with Gasteiger partial charge in [0.1, 0.15) is 0 Å². The molecule has 0 spiro atoms. The van der Waals surface area contributed by atoms with E-state index in [-0.39, 0.29) is 0 Å². The smallest absolute Gasteiger partial charge is 0.309 e. The number of nitrogens with zero attached hydrogens (tertiary/aromatic N) is 3. The van der Waals surface area contributed by atoms with Gasteiger partial charge in [-0.1, -0.05) is 84.6 Å². The quantitative estimate of drug-likeness (QED) is 0.431. The van der Waals surface area contributed by atoms with E-state index in [1.807, 2.05) is 47.0 Å². The molecule has 3 aromatic carbocycles. The van der Waals surface area contributed by atoms with Crippen molar-refractivity contribution in [1.82, 2.24) is 19.1 Å². The third kappa shape index (κ3) is 3.68. The minimum absolute atomic E-state index is 0.394. The molecule has 0 unspecified atom stereocenters. The lowest BCUT2D eigenvalue weighted by atomic mass is 10.1. The number of aryl methyl sites for hydroxylation is 1. The topological polar surface area (TPSA) is 72.7 Å². The van der Waals surface area contributed by atoms with Crippen LogP contribution in [0.3, 0.4) is 0 Å². The molecule has 31 heavy (non-hydrogen) atoms. The fourth-order valence-corrected chi connectivity index (χ4v) is 4.65. The highest BCUT2D eigenvalue weighted by molar-refractivity contribution is 7.98. The Morgan fingerprint density at radius 2 is 1.65 bits per heavy atom. The van der Waals surface area contributed by atoms with Gasteiger partial charge in [-0.05, 0) is 21.9 Å². The molecule has 0 fully saturated rings. The Balaban J connectivity index is 1.57. The third-order valence-electron chi connectivity index (χ3n) is 5.34. The SMILES string of the molecule is Cn1c(=O)[nH]c(=O)c2c1nc(SCc1ccc3ccccc3c1)n2Cc1ccccc1. The lowest BCUT2D eigenvalue weighted by Gasteiger charge is -2.09. The van der Waals surface area contributed by atoms with Gasteiger partial charge in [-0.15, -0.1) is 0 Å². The van der Waals surface area contributed by atoms with Crippen molar-refractivity contribution in [1.29, 1.82) is 0 Å². The summed E-state index contributed by atoms with van der Waals surface area (Å²) in [5, 5.41) is 3.10. The lowest BCUT2D eigenvalue weighted by Crippen LogP contribution is -2.29. The van der Waals surface area contributed by atoms with Gasteiger partial charge in [0.15, 0.2) is 16.3 Å². The van der Waals surface area contributed by atoms with E-state index in [0.717, 1.165) is 5.56 Å². The largest absolute Gasteiger partial charge is 0.329 e. The molecule has 5 aromatic rings. The van der Waals surface area contributed by atoms with Crippen molar-refractivity contribution in [3.63, 3.8) is 0 Å². The van der Waals surface area contributed by atoms with Crippen molar-refractivity contribution in [3.8, 4) is 0 Å². The first-order chi connectivity index (χ1) is 15.1. The number of thioether (sulfide) groups is 1. The van der Waals surface area contributed by atoms with Gasteiger partial charge in [0.2, 0.25) is 0 Å². The monoisotopic (exact) mass is 428 g/mol. The van der Waals surface area contributed by atoms with E-state index in [4.69, 9.17) is 0 Å². The molecule has 0 saturated heterocycles. The van der Waals surface area contributed by atoms with Gasteiger partial charge in [0.25, 0.3) is 5.56 Å². The molecule has 0 radical (unpaired) electrons. The van der Waals surface area contributed by atoms with E-state index in [9.17, 15) is 9.59 Å². The number of benzene rings is 3. The fraction of sp³-hybridized carbons (Fsp3) is 0.125. The molecule has 154 valence electrons. The average molecular weight is 429 g/mol. The van der Waals surface area contributed by atoms with E-state index >= 15 is 0 Å². The van der Waals surface area contributed by atoms with Gasteiger partial charge >= 0.3 is 5.69 Å². The number of hydrogen-bond acceptors (Lipinski definition) is 4. The summed E-state index contributed by atoms with van der Waals surface area (Å²) in [6.45, 7) is 0.499. The van der Waals surface area contributed by atoms with Crippen molar-refractivity contribution >= 4 is 33.7 Å². The first kappa shape index (κ1) is 19.4. The van der Waals surface area contributed by atoms with E-state index < -0.39 is 11.2 Å². The molecule has 0 amide bonds. The molecule has 2 aromatic heterocycles. The Bertz CT molecular complexity index is 1520. The maximum Gasteiger partial charge on any atom is 0.329 e. The summed E-state index contributed by atoms with van der Waals surface area (Å²) in [7, 11) is 1.62. The Morgan fingerprint density at radius 3 is 2.45 bits per heavy atom. The van der Waals surface area contributed by atoms with Crippen LogP contribution < -0.4 is 11.2 Å². The van der Waals surface area contributed by atoms with Gasteiger partial charge in [-0.25, -0.2) is 9.78 Å². The van der Waals surface area contributed by atoms with Crippen LogP contribution in [0.15, 0.2) is 87.5 Å². The summed E-state index contributed by atoms with van der Waals surface area (Å²) in [4.78, 5) is 31.8. The Morgan fingerprint density at radius 1 is 0.903 bits per heavy atom. The fourth-order valence-electron chi connectivity index (χ4n) is 3.71. The van der Waals surface area contributed by atoms with E-state index in [1.165, 1.54) is 20.9 Å². The second kappa shape index (κ2) is 7.92. The van der Waals surface area contributed by atoms with E-state index in [2.05, 4.69) is 40.3 Å². The van der Waals surface area contributed by atoms with Crippen LogP contribution in [0.5, 0.6) is 0 Å². The van der Waals surface area contributed by atoms with Crippen molar-refractivity contribution in [2.24, 2.45) is 7.05 Å². The van der Waals surface area contributed by atoms with Gasteiger partial charge < -0.3 is 4.57 Å². The standard InChI is InChI=1S/C24H20N4O2S/c1-27-21-20(22(29)26-23(27)30)28(14-16-7-3-2-4-8-16)24(25-21)31-15-17-11-12-18-9-5-6-10-19(18)13-17/h2-13H,14-15H2,1H3,(H,26,29,30). The summed E-state index contributed by atoms with van der Waals surface area (Å²) in [5.74, 6) is 0.703. The van der Waals surface area contributed by atoms with Crippen LogP contribution in [0.2, 0.25) is 0 Å². The van der Waals surface area contributed by atoms with E-state index in [0.29, 0.717) is 28.6 Å². The predicted octanol–water partition coefficient (Wildman–Crippen LogP) is 3.92. The molecule has 5 rings (SSSR count). The number of aromatic nitrogens is 4. The number of fused-ring (bicyclic) bond motifs is 2. The summed E-state index contributed by atoms with van der Waals surface area (Å²) in [5.41, 5.74) is 2.15. The van der Waals surface area contributed by atoms with Crippen LogP contribution in [0.4, 0.5) is 0 Å². The maximum atomic E-state index is 12.7. The number of nitrogens with one attached hydrogen (secondary N) is 1. The van der Waals surface area contributed by atoms with Crippen LogP contribution >= 0.6 is 11.8 Å². The molecular weight excluding hydrogens is 408 g/mol. The maximum absolute atomic E-state index is 12.7. The zero-order chi connectivity index (χ0) is 21.4. The highest BCUT2D eigenvalue weighted by Gasteiger charge is 2.18. The number of H-pyrrole nitrogens is 1. The highest BCUT2D eigenvalue weighted by Crippen LogP contribution is 2.27. The van der Waals surface area contributed by atoms with Gasteiger partial charge in [0, 0.05) is 12.8 Å². The molecule has 1 N–H and O–H groups in total. The van der Waals surface area contributed by atoms with Crippen LogP contribution in [-0.2, 0) is 19.3 Å². The van der Waals surface area contributed by atoms with Crippen LogP contribution in [0.1, 0.15) is 11.1 Å². The Hall–Kier alpha value is -3.58. The molecule has 7 heteroatoms. The van der Waals surface area contributed by atoms with Crippen molar-refractivity contribution in [3.05, 3.63) is 105 Å². The van der Waals surface area contributed by atoms with Crippen LogP contribution in [0.25, 0.3) is 21.9 Å². The molecule has 0 atom stereocenters. The van der Waals surface area contributed by atoms with Gasteiger partial charge in [0.05, 0.1) is 6.54 Å². The summed E-state index contributed by atoms with van der Waals surface area (Å²) >= 11 is 1.56. The van der Waals surface area contributed by atoms with Gasteiger partial charge in [-0.2, -0.15) is 0 Å². The lowest BCUT2D eigenvalue weighted by molar-refractivity contribution is 0.728. The summed E-state index contributed by atoms with van der Waals surface area (Å²) < 4.78 is 3.28. The molecule has 0 saturated carbocycles. The molecule has 0 aliphatic heterocycles. The predicted molar refractivity (Wildman–Crippen MR) is 125 cm³/mol. The minimum atomic E-state index is -0.465. The molecule has 0 aliphatic rings. The van der Waals surface area contributed by atoms with Gasteiger partial charge in [-0.3, -0.25) is 14.3 Å². The molecule has 6 nitrogen and oxygen atoms in total. The number of aromatic amines is 1. The Labute approximate surface area is 182 Å². The van der Waals surface area contributed by atoms with Crippen molar-refractivity contribution in [2.45, 2.75) is 17.5 Å². The summed E-state index contributed by atoms with van der Waals surface area (Å²) in [6, 6.07) is 24.6. The molecular formula is C24H20N4O2S. The normalized spacial score (nSPS) is 11.4. The molecule has 0 bridgehead atoms. The van der Waals surface area contributed by atoms with Crippen molar-refractivity contribution < 1.29 is 0 Å². The molecule has 0 aliphatic carbocycles. The second-order valence-electron chi connectivity index (χ2n) is 7.43. The Kier molecular flexibility index (Phi) is 4.95. The number of rotatable bonds is 5. The number of imidazole rings is 1. The average Bonchev–Trinajstić information content (AvgIpc) is 3.15. The minimum Gasteiger partial charge on any atom is -0.309 e. The zero-order valence-corrected chi connectivity index (χ0v) is 17.7. The second-order valence-corrected chi connectivity index (χ2v) is 8.37. The first-order valence-electron chi connectivity index (χ1n) is 9.94. The van der Waals surface area contributed by atoms with Crippen LogP contribution in [-0.4, -0.2) is 19.1 Å². The van der Waals surface area contributed by atoms with Crippen LogP contribution in [0, 0.1) is 0 Å². The molecule has 2 heterocycles. The third-order valence-corrected chi connectivity index (χ3v) is 6.38. The highest BCUT2D eigenvalue weighted by atomic mass is 32.2. The van der Waals surface area contributed by atoms with Crippen molar-refractivity contribution in [2.75, 3.05) is 0 Å². The number of hydrogen-bond donors (Lipinski definition) is 1. The van der Waals surface area contributed by atoms with E-state index in [1.54, 1.807) is 18.8 Å². The first-order valence-corrected chi connectivity index (χ1v) is 10.9.